The van der Waals surface area contributed by atoms with Gasteiger partial charge in [0, 0.05) is 6.20 Å². The third-order valence-corrected chi connectivity index (χ3v) is 4.65. The highest BCUT2D eigenvalue weighted by Crippen LogP contribution is 2.46. The number of hydrogen-bond acceptors (Lipinski definition) is 3. The van der Waals surface area contributed by atoms with Crippen molar-refractivity contribution >= 4 is 0 Å². The topological polar surface area (TPSA) is 34.1 Å². The zero-order valence-electron chi connectivity index (χ0n) is 11.7. The Morgan fingerprint density at radius 2 is 2.00 bits per heavy atom. The fourth-order valence-electron chi connectivity index (χ4n) is 3.54. The van der Waals surface area contributed by atoms with E-state index in [1.54, 1.807) is 0 Å². The van der Waals surface area contributed by atoms with Gasteiger partial charge >= 0.3 is 6.18 Å². The Kier molecular flexibility index (Phi) is 3.82. The lowest BCUT2D eigenvalue weighted by atomic mass is 9.77. The third-order valence-electron chi connectivity index (χ3n) is 4.65. The first kappa shape index (κ1) is 14.6. The van der Waals surface area contributed by atoms with Gasteiger partial charge in [-0.15, -0.1) is 0 Å². The van der Waals surface area contributed by atoms with Gasteiger partial charge in [0.2, 0.25) is 0 Å². The summed E-state index contributed by atoms with van der Waals surface area (Å²) in [5.74, 6) is -0.138. The molecule has 2 aliphatic rings. The van der Waals surface area contributed by atoms with Gasteiger partial charge in [0.25, 0.3) is 0 Å². The van der Waals surface area contributed by atoms with E-state index in [4.69, 9.17) is 4.74 Å². The number of pyridine rings is 1. The Hall–Kier alpha value is -1.30. The molecule has 0 radical (unpaired) electrons. The van der Waals surface area contributed by atoms with Crippen LogP contribution in [0.25, 0.3) is 0 Å². The van der Waals surface area contributed by atoms with Crippen LogP contribution in [0.5, 0.6) is 5.75 Å². The number of nitrogens with one attached hydrogen (secondary N) is 1. The summed E-state index contributed by atoms with van der Waals surface area (Å²) < 4.78 is 44.4. The van der Waals surface area contributed by atoms with E-state index in [9.17, 15) is 13.2 Å². The molecule has 2 fully saturated rings. The summed E-state index contributed by atoms with van der Waals surface area (Å²) in [5.41, 5.74) is -0.660. The largest absolute Gasteiger partial charge is 0.488 e. The maximum atomic E-state index is 12.9. The molecule has 1 atom stereocenters. The van der Waals surface area contributed by atoms with E-state index in [0.29, 0.717) is 0 Å². The molecule has 1 aromatic heterocycles. The number of piperidine rings is 1. The lowest BCUT2D eigenvalue weighted by Gasteiger charge is -2.33. The Labute approximate surface area is 121 Å². The SMILES string of the molecule is FC(F)(F)c1ncccc1OC1CCC2(CCNCC2)C1. The van der Waals surface area contributed by atoms with E-state index < -0.39 is 11.9 Å². The van der Waals surface area contributed by atoms with E-state index in [1.165, 1.54) is 12.1 Å². The Morgan fingerprint density at radius 3 is 2.71 bits per heavy atom. The maximum Gasteiger partial charge on any atom is 0.437 e. The number of alkyl halides is 3. The quantitative estimate of drug-likeness (QED) is 0.909. The molecule has 0 bridgehead atoms. The van der Waals surface area contributed by atoms with Crippen molar-refractivity contribution in [3.8, 4) is 5.75 Å². The molecule has 1 aliphatic heterocycles. The number of hydrogen-bond donors (Lipinski definition) is 1. The highest BCUT2D eigenvalue weighted by molar-refractivity contribution is 5.29. The number of nitrogens with zero attached hydrogens (tertiary/aromatic N) is 1. The van der Waals surface area contributed by atoms with Gasteiger partial charge in [-0.25, -0.2) is 4.98 Å². The Morgan fingerprint density at radius 1 is 1.24 bits per heavy atom. The van der Waals surface area contributed by atoms with Crippen molar-refractivity contribution in [2.75, 3.05) is 13.1 Å². The minimum atomic E-state index is -4.47. The molecule has 1 spiro atoms. The molecular weight excluding hydrogens is 281 g/mol. The van der Waals surface area contributed by atoms with Gasteiger partial charge in [0.15, 0.2) is 11.4 Å². The van der Waals surface area contributed by atoms with Crippen LogP contribution in [0.15, 0.2) is 18.3 Å². The second-order valence-electron chi connectivity index (χ2n) is 6.08. The fourth-order valence-corrected chi connectivity index (χ4v) is 3.54. The monoisotopic (exact) mass is 300 g/mol. The van der Waals surface area contributed by atoms with Gasteiger partial charge in [-0.3, -0.25) is 0 Å². The Balaban J connectivity index is 1.71. The molecular formula is C15H19F3N2O. The van der Waals surface area contributed by atoms with Crippen LogP contribution in [0.3, 0.4) is 0 Å². The van der Waals surface area contributed by atoms with Crippen molar-refractivity contribution in [3.63, 3.8) is 0 Å². The van der Waals surface area contributed by atoms with Crippen LogP contribution in [-0.4, -0.2) is 24.2 Å². The third kappa shape index (κ3) is 3.15. The van der Waals surface area contributed by atoms with Crippen LogP contribution in [0.2, 0.25) is 0 Å². The van der Waals surface area contributed by atoms with Gasteiger partial charge in [-0.1, -0.05) is 0 Å². The highest BCUT2D eigenvalue weighted by atomic mass is 19.4. The summed E-state index contributed by atoms with van der Waals surface area (Å²) in [5, 5.41) is 3.33. The number of rotatable bonds is 2. The molecule has 1 unspecified atom stereocenters. The predicted molar refractivity (Wildman–Crippen MR) is 72.0 cm³/mol. The summed E-state index contributed by atoms with van der Waals surface area (Å²) >= 11 is 0. The molecule has 1 saturated carbocycles. The van der Waals surface area contributed by atoms with E-state index in [1.807, 2.05) is 0 Å². The molecule has 1 saturated heterocycles. The average Bonchev–Trinajstić information content (AvgIpc) is 2.81. The molecule has 6 heteroatoms. The highest BCUT2D eigenvalue weighted by Gasteiger charge is 2.42. The first-order valence-corrected chi connectivity index (χ1v) is 7.38. The van der Waals surface area contributed by atoms with Gasteiger partial charge in [0.1, 0.15) is 0 Å². The van der Waals surface area contributed by atoms with Gasteiger partial charge in [-0.2, -0.15) is 13.2 Å². The van der Waals surface area contributed by atoms with Crippen LogP contribution in [0.4, 0.5) is 13.2 Å². The number of halogens is 3. The summed E-state index contributed by atoms with van der Waals surface area (Å²) in [6, 6.07) is 2.85. The van der Waals surface area contributed by atoms with Crippen LogP contribution in [0, 0.1) is 5.41 Å². The van der Waals surface area contributed by atoms with Gasteiger partial charge in [-0.05, 0) is 62.7 Å². The molecule has 3 rings (SSSR count). The summed E-state index contributed by atoms with van der Waals surface area (Å²) in [6.45, 7) is 1.99. The number of ether oxygens (including phenoxy) is 1. The lowest BCUT2D eigenvalue weighted by molar-refractivity contribution is -0.143. The molecule has 1 aromatic rings. The van der Waals surface area contributed by atoms with E-state index >= 15 is 0 Å². The van der Waals surface area contributed by atoms with Crippen molar-refractivity contribution in [1.82, 2.24) is 10.3 Å². The first-order valence-electron chi connectivity index (χ1n) is 7.38. The number of aromatic nitrogens is 1. The Bertz CT molecular complexity index is 498. The van der Waals surface area contributed by atoms with E-state index in [-0.39, 0.29) is 17.3 Å². The standard InChI is InChI=1S/C15H19F3N2O/c16-15(17,18)13-12(2-1-7-20-13)21-11-3-4-14(10-11)5-8-19-9-6-14/h1-2,7,11,19H,3-6,8-10H2. The second-order valence-corrected chi connectivity index (χ2v) is 6.08. The van der Waals surface area contributed by atoms with Crippen LogP contribution >= 0.6 is 0 Å². The van der Waals surface area contributed by atoms with Crippen molar-refractivity contribution < 1.29 is 17.9 Å². The summed E-state index contributed by atoms with van der Waals surface area (Å²) in [6.07, 6.45) is 1.44. The van der Waals surface area contributed by atoms with Crippen LogP contribution in [-0.2, 0) is 6.18 Å². The van der Waals surface area contributed by atoms with Crippen molar-refractivity contribution in [1.29, 1.82) is 0 Å². The molecule has 116 valence electrons. The first-order chi connectivity index (χ1) is 9.99. The summed E-state index contributed by atoms with van der Waals surface area (Å²) in [7, 11) is 0. The minimum absolute atomic E-state index is 0.131. The van der Waals surface area contributed by atoms with E-state index in [2.05, 4.69) is 10.3 Å². The van der Waals surface area contributed by atoms with E-state index in [0.717, 1.165) is 51.4 Å². The fraction of sp³-hybridized carbons (Fsp3) is 0.667. The predicted octanol–water partition coefficient (Wildman–Crippen LogP) is 3.40. The lowest BCUT2D eigenvalue weighted by Crippen LogP contribution is -2.35. The average molecular weight is 300 g/mol. The molecule has 1 aliphatic carbocycles. The molecule has 2 heterocycles. The van der Waals surface area contributed by atoms with Gasteiger partial charge < -0.3 is 10.1 Å². The normalized spacial score (nSPS) is 25.2. The zero-order chi connectivity index (χ0) is 14.9. The van der Waals surface area contributed by atoms with Crippen LogP contribution < -0.4 is 10.1 Å². The van der Waals surface area contributed by atoms with Crippen molar-refractivity contribution in [2.24, 2.45) is 5.41 Å². The molecule has 3 nitrogen and oxygen atoms in total. The zero-order valence-corrected chi connectivity index (χ0v) is 11.7. The molecule has 21 heavy (non-hydrogen) atoms. The smallest absolute Gasteiger partial charge is 0.437 e. The summed E-state index contributed by atoms with van der Waals surface area (Å²) in [4.78, 5) is 3.44. The van der Waals surface area contributed by atoms with Crippen molar-refractivity contribution in [2.45, 2.75) is 44.4 Å². The molecule has 0 amide bonds. The maximum absolute atomic E-state index is 12.9. The minimum Gasteiger partial charge on any atom is -0.488 e. The molecule has 0 aromatic carbocycles. The van der Waals surface area contributed by atoms with Crippen molar-refractivity contribution in [3.05, 3.63) is 24.0 Å². The van der Waals surface area contributed by atoms with Gasteiger partial charge in [0.05, 0.1) is 6.10 Å². The molecule has 1 N–H and O–H groups in total. The second kappa shape index (κ2) is 5.48. The van der Waals surface area contributed by atoms with Crippen LogP contribution in [0.1, 0.15) is 37.8 Å².